The minimum atomic E-state index is -0.874. The first-order chi connectivity index (χ1) is 9.08. The molecule has 100 valence electrons. The standard InChI is InChI=1S/C15H15BrFNO/c1-10-6-7-11(8-13(10)16)18-9-15(19)12-4-2-3-5-14(12)17/h2-8,15,18-19H,9H2,1H3. The molecule has 0 bridgehead atoms. The van der Waals surface area contributed by atoms with E-state index in [1.807, 2.05) is 25.1 Å². The summed E-state index contributed by atoms with van der Waals surface area (Å²) in [5, 5.41) is 13.1. The maximum absolute atomic E-state index is 13.5. The van der Waals surface area contributed by atoms with Gasteiger partial charge in [-0.3, -0.25) is 0 Å². The van der Waals surface area contributed by atoms with Crippen LogP contribution < -0.4 is 5.32 Å². The van der Waals surface area contributed by atoms with E-state index in [0.29, 0.717) is 5.56 Å². The van der Waals surface area contributed by atoms with Crippen LogP contribution in [0.2, 0.25) is 0 Å². The molecule has 0 fully saturated rings. The largest absolute Gasteiger partial charge is 0.386 e. The Kier molecular flexibility index (Phi) is 4.56. The van der Waals surface area contributed by atoms with Crippen molar-refractivity contribution >= 4 is 21.6 Å². The summed E-state index contributed by atoms with van der Waals surface area (Å²) in [5.41, 5.74) is 2.33. The lowest BCUT2D eigenvalue weighted by Gasteiger charge is -2.14. The third kappa shape index (κ3) is 3.55. The maximum atomic E-state index is 13.5. The minimum Gasteiger partial charge on any atom is -0.386 e. The molecule has 0 saturated carbocycles. The average Bonchev–Trinajstić information content (AvgIpc) is 2.40. The molecule has 19 heavy (non-hydrogen) atoms. The Morgan fingerprint density at radius 3 is 2.68 bits per heavy atom. The Morgan fingerprint density at radius 1 is 1.26 bits per heavy atom. The zero-order valence-electron chi connectivity index (χ0n) is 10.5. The van der Waals surface area contributed by atoms with Crippen molar-refractivity contribution in [3.05, 3.63) is 63.9 Å². The summed E-state index contributed by atoms with van der Waals surface area (Å²) >= 11 is 3.45. The van der Waals surface area contributed by atoms with Gasteiger partial charge < -0.3 is 10.4 Å². The van der Waals surface area contributed by atoms with Gasteiger partial charge in [-0.2, -0.15) is 0 Å². The number of aliphatic hydroxyl groups is 1. The first-order valence-corrected chi connectivity index (χ1v) is 6.80. The number of hydrogen-bond donors (Lipinski definition) is 2. The van der Waals surface area contributed by atoms with Gasteiger partial charge in [0.15, 0.2) is 0 Å². The number of aliphatic hydroxyl groups excluding tert-OH is 1. The molecule has 0 aromatic heterocycles. The van der Waals surface area contributed by atoms with Gasteiger partial charge in [0, 0.05) is 22.3 Å². The van der Waals surface area contributed by atoms with Crippen molar-refractivity contribution in [2.75, 3.05) is 11.9 Å². The number of nitrogens with one attached hydrogen (secondary N) is 1. The van der Waals surface area contributed by atoms with Crippen LogP contribution in [-0.4, -0.2) is 11.7 Å². The molecule has 0 saturated heterocycles. The van der Waals surface area contributed by atoms with Gasteiger partial charge in [0.25, 0.3) is 0 Å². The van der Waals surface area contributed by atoms with E-state index in [-0.39, 0.29) is 12.4 Å². The zero-order valence-corrected chi connectivity index (χ0v) is 12.1. The molecule has 2 aromatic carbocycles. The van der Waals surface area contributed by atoms with Crippen LogP contribution in [0.3, 0.4) is 0 Å². The Labute approximate surface area is 120 Å². The molecule has 1 unspecified atom stereocenters. The predicted molar refractivity (Wildman–Crippen MR) is 78.7 cm³/mol. The van der Waals surface area contributed by atoms with Crippen LogP contribution >= 0.6 is 15.9 Å². The zero-order chi connectivity index (χ0) is 13.8. The van der Waals surface area contributed by atoms with Gasteiger partial charge in [0.1, 0.15) is 5.82 Å². The molecular weight excluding hydrogens is 309 g/mol. The molecule has 0 aliphatic heterocycles. The summed E-state index contributed by atoms with van der Waals surface area (Å²) in [5.74, 6) is -0.387. The topological polar surface area (TPSA) is 32.3 Å². The van der Waals surface area contributed by atoms with E-state index in [4.69, 9.17) is 0 Å². The SMILES string of the molecule is Cc1ccc(NCC(O)c2ccccc2F)cc1Br. The lowest BCUT2D eigenvalue weighted by Crippen LogP contribution is -2.13. The van der Waals surface area contributed by atoms with Crippen molar-refractivity contribution in [2.24, 2.45) is 0 Å². The predicted octanol–water partition coefficient (Wildman–Crippen LogP) is 4.04. The number of benzene rings is 2. The molecule has 0 aliphatic rings. The van der Waals surface area contributed by atoms with E-state index >= 15 is 0 Å². The van der Waals surface area contributed by atoms with E-state index < -0.39 is 6.10 Å². The molecule has 0 spiro atoms. The molecule has 0 amide bonds. The third-order valence-corrected chi connectivity index (χ3v) is 3.79. The van der Waals surface area contributed by atoms with Crippen molar-refractivity contribution in [1.29, 1.82) is 0 Å². The molecule has 2 N–H and O–H groups in total. The van der Waals surface area contributed by atoms with Crippen molar-refractivity contribution in [3.63, 3.8) is 0 Å². The van der Waals surface area contributed by atoms with Crippen LogP contribution in [-0.2, 0) is 0 Å². The highest BCUT2D eigenvalue weighted by molar-refractivity contribution is 9.10. The van der Waals surface area contributed by atoms with E-state index in [1.54, 1.807) is 18.2 Å². The lowest BCUT2D eigenvalue weighted by molar-refractivity contribution is 0.186. The summed E-state index contributed by atoms with van der Waals surface area (Å²) in [6.07, 6.45) is -0.874. The fourth-order valence-electron chi connectivity index (χ4n) is 1.77. The molecule has 2 nitrogen and oxygen atoms in total. The fraction of sp³-hybridized carbons (Fsp3) is 0.200. The number of anilines is 1. The Balaban J connectivity index is 2.02. The Bertz CT molecular complexity index is 574. The van der Waals surface area contributed by atoms with E-state index in [0.717, 1.165) is 15.7 Å². The van der Waals surface area contributed by atoms with Gasteiger partial charge >= 0.3 is 0 Å². The maximum Gasteiger partial charge on any atom is 0.129 e. The first kappa shape index (κ1) is 14.0. The van der Waals surface area contributed by atoms with Crippen molar-refractivity contribution in [3.8, 4) is 0 Å². The molecule has 2 rings (SSSR count). The van der Waals surface area contributed by atoms with Gasteiger partial charge in [-0.1, -0.05) is 40.2 Å². The molecule has 4 heteroatoms. The van der Waals surface area contributed by atoms with Crippen LogP contribution in [0.25, 0.3) is 0 Å². The Morgan fingerprint density at radius 2 is 2.00 bits per heavy atom. The van der Waals surface area contributed by atoms with Crippen LogP contribution in [0, 0.1) is 12.7 Å². The van der Waals surface area contributed by atoms with Crippen LogP contribution in [0.15, 0.2) is 46.9 Å². The number of halogens is 2. The second-order valence-corrected chi connectivity index (χ2v) is 5.24. The highest BCUT2D eigenvalue weighted by atomic mass is 79.9. The highest BCUT2D eigenvalue weighted by Gasteiger charge is 2.11. The number of rotatable bonds is 4. The first-order valence-electron chi connectivity index (χ1n) is 6.00. The average molecular weight is 324 g/mol. The number of hydrogen-bond acceptors (Lipinski definition) is 2. The molecule has 0 heterocycles. The molecular formula is C15H15BrFNO. The summed E-state index contributed by atoms with van der Waals surface area (Å²) in [4.78, 5) is 0. The van der Waals surface area contributed by atoms with E-state index in [1.165, 1.54) is 6.07 Å². The van der Waals surface area contributed by atoms with Crippen molar-refractivity contribution < 1.29 is 9.50 Å². The number of aryl methyl sites for hydroxylation is 1. The van der Waals surface area contributed by atoms with Gasteiger partial charge in [0.2, 0.25) is 0 Å². The quantitative estimate of drug-likeness (QED) is 0.889. The third-order valence-electron chi connectivity index (χ3n) is 2.94. The van der Waals surface area contributed by atoms with E-state index in [9.17, 15) is 9.50 Å². The van der Waals surface area contributed by atoms with E-state index in [2.05, 4.69) is 21.2 Å². The molecule has 1 atom stereocenters. The van der Waals surface area contributed by atoms with Gasteiger partial charge in [0.05, 0.1) is 6.10 Å². The van der Waals surface area contributed by atoms with Crippen molar-refractivity contribution in [1.82, 2.24) is 0 Å². The summed E-state index contributed by atoms with van der Waals surface area (Å²) in [6, 6.07) is 12.1. The second-order valence-electron chi connectivity index (χ2n) is 4.38. The smallest absolute Gasteiger partial charge is 0.129 e. The van der Waals surface area contributed by atoms with Crippen LogP contribution in [0.1, 0.15) is 17.2 Å². The summed E-state index contributed by atoms with van der Waals surface area (Å²) in [7, 11) is 0. The van der Waals surface area contributed by atoms with Gasteiger partial charge in [-0.25, -0.2) is 4.39 Å². The summed E-state index contributed by atoms with van der Waals surface area (Å²) < 4.78 is 14.5. The Hall–Kier alpha value is -1.39. The second kappa shape index (κ2) is 6.17. The van der Waals surface area contributed by atoms with Crippen LogP contribution in [0.5, 0.6) is 0 Å². The lowest BCUT2D eigenvalue weighted by atomic mass is 10.1. The monoisotopic (exact) mass is 323 g/mol. The highest BCUT2D eigenvalue weighted by Crippen LogP contribution is 2.22. The fourth-order valence-corrected chi connectivity index (χ4v) is 2.15. The van der Waals surface area contributed by atoms with Crippen LogP contribution in [0.4, 0.5) is 10.1 Å². The molecule has 0 radical (unpaired) electrons. The van der Waals surface area contributed by atoms with Gasteiger partial charge in [-0.05, 0) is 30.7 Å². The summed E-state index contributed by atoms with van der Waals surface area (Å²) in [6.45, 7) is 2.26. The molecule has 2 aromatic rings. The van der Waals surface area contributed by atoms with Crippen molar-refractivity contribution in [2.45, 2.75) is 13.0 Å². The normalized spacial score (nSPS) is 12.2. The molecule has 0 aliphatic carbocycles. The minimum absolute atomic E-state index is 0.260. The van der Waals surface area contributed by atoms with Gasteiger partial charge in [-0.15, -0.1) is 0 Å².